The van der Waals surface area contributed by atoms with Crippen molar-refractivity contribution < 1.29 is 9.26 Å². The summed E-state index contributed by atoms with van der Waals surface area (Å²) < 4.78 is 10.5. The Balaban J connectivity index is 1.50. The summed E-state index contributed by atoms with van der Waals surface area (Å²) in [5.74, 6) is 2.46. The lowest BCUT2D eigenvalue weighted by molar-refractivity contribution is 0.414. The van der Waals surface area contributed by atoms with E-state index >= 15 is 0 Å². The number of methoxy groups -OCH3 is 1. The topological polar surface area (TPSA) is 73.9 Å². The lowest BCUT2D eigenvalue weighted by atomic mass is 10.2. The smallest absolute Gasteiger partial charge is 0.257 e. The molecule has 0 fully saturated rings. The molecule has 0 N–H and O–H groups in total. The van der Waals surface area contributed by atoms with E-state index in [-0.39, 0.29) is 0 Å². The van der Waals surface area contributed by atoms with Gasteiger partial charge in [0.05, 0.1) is 29.6 Å². The van der Waals surface area contributed by atoms with Gasteiger partial charge in [0.1, 0.15) is 10.8 Å². The average molecular weight is 364 g/mol. The molecule has 2 aromatic carbocycles. The molecule has 0 aliphatic carbocycles. The van der Waals surface area contributed by atoms with E-state index in [0.29, 0.717) is 17.5 Å². The first-order valence-electron chi connectivity index (χ1n) is 8.06. The zero-order chi connectivity index (χ0) is 17.9. The Hall–Kier alpha value is -2.93. The molecule has 0 bridgehead atoms. The van der Waals surface area contributed by atoms with E-state index in [1.54, 1.807) is 18.9 Å². The normalized spacial score (nSPS) is 11.0. The first-order chi connectivity index (χ1) is 12.7. The van der Waals surface area contributed by atoms with Gasteiger partial charge in [-0.3, -0.25) is 0 Å². The fourth-order valence-corrected chi connectivity index (χ4v) is 3.31. The number of thioether (sulfide) groups is 1. The monoisotopic (exact) mass is 364 g/mol. The fraction of sp³-hybridized carbons (Fsp3) is 0.158. The van der Waals surface area contributed by atoms with Crippen molar-refractivity contribution in [3.8, 4) is 17.2 Å². The minimum Gasteiger partial charge on any atom is -0.497 e. The van der Waals surface area contributed by atoms with Crippen LogP contribution in [0.25, 0.3) is 22.5 Å². The van der Waals surface area contributed by atoms with Gasteiger partial charge in [-0.05, 0) is 43.3 Å². The molecule has 4 aromatic rings. The van der Waals surface area contributed by atoms with Gasteiger partial charge in [0.25, 0.3) is 5.89 Å². The number of hydrogen-bond donors (Lipinski definition) is 0. The number of aromatic nitrogens is 4. The Kier molecular flexibility index (Phi) is 4.53. The maximum atomic E-state index is 5.36. The molecule has 2 aromatic heterocycles. The summed E-state index contributed by atoms with van der Waals surface area (Å²) in [5, 5.41) is 4.93. The standard InChI is InChI=1S/C19H16N4O2S/c1-12-19(21-16-6-4-3-5-15(16)20-12)26-11-17-22-18(25-23-17)13-7-9-14(24-2)10-8-13/h3-10H,11H2,1-2H3. The summed E-state index contributed by atoms with van der Waals surface area (Å²) in [5.41, 5.74) is 3.53. The number of hydrogen-bond acceptors (Lipinski definition) is 7. The fourth-order valence-electron chi connectivity index (χ4n) is 2.51. The molecule has 0 aliphatic heterocycles. The molecule has 0 saturated heterocycles. The molecular formula is C19H16N4O2S. The molecule has 0 saturated carbocycles. The molecule has 0 atom stereocenters. The van der Waals surface area contributed by atoms with E-state index < -0.39 is 0 Å². The molecule has 0 amide bonds. The van der Waals surface area contributed by atoms with Crippen LogP contribution < -0.4 is 4.74 Å². The second-order valence-electron chi connectivity index (χ2n) is 5.64. The Morgan fingerprint density at radius 2 is 1.69 bits per heavy atom. The lowest BCUT2D eigenvalue weighted by Crippen LogP contribution is -1.94. The maximum Gasteiger partial charge on any atom is 0.257 e. The van der Waals surface area contributed by atoms with Crippen molar-refractivity contribution >= 4 is 22.8 Å². The summed E-state index contributed by atoms with van der Waals surface area (Å²) >= 11 is 1.55. The molecule has 0 aliphatic rings. The number of fused-ring (bicyclic) bond motifs is 1. The minimum atomic E-state index is 0.490. The predicted molar refractivity (Wildman–Crippen MR) is 100 cm³/mol. The first kappa shape index (κ1) is 16.5. The van der Waals surface area contributed by atoms with Crippen LogP contribution in [0, 0.1) is 6.92 Å². The Morgan fingerprint density at radius 3 is 2.42 bits per heavy atom. The molecule has 4 rings (SSSR count). The van der Waals surface area contributed by atoms with Crippen LogP contribution in [0.15, 0.2) is 58.1 Å². The summed E-state index contributed by atoms with van der Waals surface area (Å²) in [6.45, 7) is 1.96. The molecule has 26 heavy (non-hydrogen) atoms. The van der Waals surface area contributed by atoms with E-state index in [1.165, 1.54) is 0 Å². The lowest BCUT2D eigenvalue weighted by Gasteiger charge is -2.04. The number of rotatable bonds is 5. The second kappa shape index (κ2) is 7.13. The van der Waals surface area contributed by atoms with E-state index in [2.05, 4.69) is 20.1 Å². The highest BCUT2D eigenvalue weighted by atomic mass is 32.2. The summed E-state index contributed by atoms with van der Waals surface area (Å²) in [6.07, 6.45) is 0. The SMILES string of the molecule is COc1ccc(-c2nc(CSc3nc4ccccc4nc3C)no2)cc1. The van der Waals surface area contributed by atoms with Crippen LogP contribution in [0.1, 0.15) is 11.5 Å². The Bertz CT molecular complexity index is 1050. The van der Waals surface area contributed by atoms with Crippen molar-refractivity contribution in [2.24, 2.45) is 0 Å². The Labute approximate surface area is 154 Å². The number of benzene rings is 2. The number of nitrogens with zero attached hydrogens (tertiary/aromatic N) is 4. The van der Waals surface area contributed by atoms with Crippen LogP contribution in [0.5, 0.6) is 5.75 Å². The number of aryl methyl sites for hydroxylation is 1. The summed E-state index contributed by atoms with van der Waals surface area (Å²) in [4.78, 5) is 13.7. The van der Waals surface area contributed by atoms with Crippen molar-refractivity contribution in [2.75, 3.05) is 7.11 Å². The van der Waals surface area contributed by atoms with Gasteiger partial charge in [-0.15, -0.1) is 0 Å². The van der Waals surface area contributed by atoms with Gasteiger partial charge in [0, 0.05) is 5.56 Å². The van der Waals surface area contributed by atoms with E-state index in [0.717, 1.165) is 33.1 Å². The van der Waals surface area contributed by atoms with E-state index in [4.69, 9.17) is 9.26 Å². The first-order valence-corrected chi connectivity index (χ1v) is 9.04. The van der Waals surface area contributed by atoms with Gasteiger partial charge in [-0.1, -0.05) is 29.1 Å². The third-order valence-electron chi connectivity index (χ3n) is 3.84. The van der Waals surface area contributed by atoms with E-state index in [9.17, 15) is 0 Å². The second-order valence-corrected chi connectivity index (χ2v) is 6.60. The third-order valence-corrected chi connectivity index (χ3v) is 4.91. The molecular weight excluding hydrogens is 348 g/mol. The van der Waals surface area contributed by atoms with E-state index in [1.807, 2.05) is 55.5 Å². The summed E-state index contributed by atoms with van der Waals surface area (Å²) in [6, 6.07) is 15.4. The highest BCUT2D eigenvalue weighted by Gasteiger charge is 2.11. The van der Waals surface area contributed by atoms with Crippen LogP contribution in [0.2, 0.25) is 0 Å². The number of para-hydroxylation sites is 2. The van der Waals surface area contributed by atoms with Crippen LogP contribution >= 0.6 is 11.8 Å². The average Bonchev–Trinajstić information content (AvgIpc) is 3.15. The summed E-state index contributed by atoms with van der Waals surface area (Å²) in [7, 11) is 1.63. The van der Waals surface area contributed by atoms with Crippen LogP contribution in [0.3, 0.4) is 0 Å². The molecule has 0 spiro atoms. The highest BCUT2D eigenvalue weighted by molar-refractivity contribution is 7.98. The van der Waals surface area contributed by atoms with Crippen molar-refractivity contribution in [2.45, 2.75) is 17.7 Å². The zero-order valence-electron chi connectivity index (χ0n) is 14.3. The predicted octanol–water partition coefficient (Wildman–Crippen LogP) is 4.29. The number of ether oxygens (including phenoxy) is 1. The molecule has 0 radical (unpaired) electrons. The molecule has 7 heteroatoms. The van der Waals surface area contributed by atoms with Gasteiger partial charge in [0.2, 0.25) is 0 Å². The van der Waals surface area contributed by atoms with Gasteiger partial charge >= 0.3 is 0 Å². The van der Waals surface area contributed by atoms with Gasteiger partial charge in [-0.25, -0.2) is 9.97 Å². The van der Waals surface area contributed by atoms with Gasteiger partial charge in [0.15, 0.2) is 5.82 Å². The minimum absolute atomic E-state index is 0.490. The quantitative estimate of drug-likeness (QED) is 0.489. The maximum absolute atomic E-state index is 5.36. The molecule has 130 valence electrons. The Morgan fingerprint density at radius 1 is 0.962 bits per heavy atom. The third kappa shape index (κ3) is 3.39. The highest BCUT2D eigenvalue weighted by Crippen LogP contribution is 2.26. The molecule has 2 heterocycles. The van der Waals surface area contributed by atoms with Gasteiger partial charge < -0.3 is 9.26 Å². The van der Waals surface area contributed by atoms with Crippen molar-refractivity contribution in [1.82, 2.24) is 20.1 Å². The van der Waals surface area contributed by atoms with Crippen molar-refractivity contribution in [1.29, 1.82) is 0 Å². The van der Waals surface area contributed by atoms with Gasteiger partial charge in [-0.2, -0.15) is 4.98 Å². The van der Waals surface area contributed by atoms with Crippen molar-refractivity contribution in [3.63, 3.8) is 0 Å². The zero-order valence-corrected chi connectivity index (χ0v) is 15.2. The van der Waals surface area contributed by atoms with Crippen LogP contribution in [0.4, 0.5) is 0 Å². The molecule has 0 unspecified atom stereocenters. The van der Waals surface area contributed by atoms with Crippen LogP contribution in [-0.4, -0.2) is 27.2 Å². The van der Waals surface area contributed by atoms with Crippen molar-refractivity contribution in [3.05, 3.63) is 60.0 Å². The largest absolute Gasteiger partial charge is 0.497 e. The molecule has 6 nitrogen and oxygen atoms in total. The van der Waals surface area contributed by atoms with Crippen LogP contribution in [-0.2, 0) is 5.75 Å².